The molecule has 0 spiro atoms. The molecule has 1 aliphatic heterocycles. The smallest absolute Gasteiger partial charge is 0.167 e. The molecular weight excluding hydrogens is 476 g/mol. The number of benzene rings is 2. The number of carbonyl (C=O) groups is 1. The van der Waals surface area contributed by atoms with Crippen LogP contribution in [0.25, 0.3) is 11.0 Å². The summed E-state index contributed by atoms with van der Waals surface area (Å²) in [5, 5.41) is 12.9. The van der Waals surface area contributed by atoms with E-state index < -0.39 is 5.41 Å². The Morgan fingerprint density at radius 2 is 1.92 bits per heavy atom. The van der Waals surface area contributed by atoms with Crippen LogP contribution in [-0.4, -0.2) is 47.0 Å². The molecule has 0 saturated carbocycles. The van der Waals surface area contributed by atoms with E-state index in [1.165, 1.54) is 6.33 Å². The van der Waals surface area contributed by atoms with E-state index in [1.807, 2.05) is 69.3 Å². The summed E-state index contributed by atoms with van der Waals surface area (Å²) in [4.78, 5) is 29.1. The molecule has 1 N–H and O–H groups in total. The summed E-state index contributed by atoms with van der Waals surface area (Å²) in [6.07, 6.45) is 1.77. The number of ketones is 1. The first-order valence-corrected chi connectivity index (χ1v) is 12.7. The van der Waals surface area contributed by atoms with E-state index in [9.17, 15) is 10.1 Å². The van der Waals surface area contributed by atoms with Gasteiger partial charge < -0.3 is 15.0 Å². The fourth-order valence-corrected chi connectivity index (χ4v) is 4.46. The Kier molecular flexibility index (Phi) is 7.03. The molecule has 1 aliphatic rings. The van der Waals surface area contributed by atoms with Crippen molar-refractivity contribution < 1.29 is 9.53 Å². The topological polar surface area (TPSA) is 104 Å². The van der Waals surface area contributed by atoms with E-state index in [0.29, 0.717) is 30.1 Å². The minimum atomic E-state index is -0.659. The number of morpholine rings is 1. The summed E-state index contributed by atoms with van der Waals surface area (Å²) < 4.78 is 5.47. The van der Waals surface area contributed by atoms with Crippen molar-refractivity contribution in [3.63, 3.8) is 0 Å². The Bertz CT molecular complexity index is 1540. The lowest BCUT2D eigenvalue weighted by Gasteiger charge is -2.28. The molecule has 0 radical (unpaired) electrons. The maximum absolute atomic E-state index is 13.2. The third-order valence-corrected chi connectivity index (χ3v) is 6.91. The molecule has 0 atom stereocenters. The summed E-state index contributed by atoms with van der Waals surface area (Å²) in [5.41, 5.74) is 4.97. The summed E-state index contributed by atoms with van der Waals surface area (Å²) in [6.45, 7) is 8.66. The summed E-state index contributed by atoms with van der Waals surface area (Å²) in [7, 11) is 0. The van der Waals surface area contributed by atoms with Crippen LogP contribution in [0.5, 0.6) is 0 Å². The summed E-state index contributed by atoms with van der Waals surface area (Å²) >= 11 is 0. The highest BCUT2D eigenvalue weighted by molar-refractivity contribution is 5.98. The molecule has 0 aliphatic carbocycles. The van der Waals surface area contributed by atoms with Crippen molar-refractivity contribution in [2.24, 2.45) is 0 Å². The summed E-state index contributed by atoms with van der Waals surface area (Å²) in [6, 6.07) is 19.5. The normalized spacial score (nSPS) is 13.8. The van der Waals surface area contributed by atoms with Gasteiger partial charge in [0, 0.05) is 30.8 Å². The van der Waals surface area contributed by atoms with E-state index in [0.717, 1.165) is 46.8 Å². The first kappa shape index (κ1) is 25.3. The van der Waals surface area contributed by atoms with E-state index in [2.05, 4.69) is 26.3 Å². The number of Topliss-reactive ketones (excluding diaryl/α,β-unsaturated/α-hetero) is 1. The highest BCUT2D eigenvalue weighted by Gasteiger charge is 2.21. The van der Waals surface area contributed by atoms with Gasteiger partial charge in [-0.05, 0) is 61.7 Å². The van der Waals surface area contributed by atoms with E-state index in [1.54, 1.807) is 6.07 Å². The number of aryl methyl sites for hydroxylation is 1. The van der Waals surface area contributed by atoms with Crippen molar-refractivity contribution in [1.29, 1.82) is 5.26 Å². The van der Waals surface area contributed by atoms with Gasteiger partial charge in [0.1, 0.15) is 17.7 Å². The van der Waals surface area contributed by atoms with Gasteiger partial charge in [-0.2, -0.15) is 5.26 Å². The van der Waals surface area contributed by atoms with E-state index >= 15 is 0 Å². The molecular formula is C30H30N6O2. The van der Waals surface area contributed by atoms with Crippen molar-refractivity contribution in [2.45, 2.75) is 32.6 Å². The second-order valence-electron chi connectivity index (χ2n) is 10.1. The van der Waals surface area contributed by atoms with Crippen LogP contribution in [0.3, 0.4) is 0 Å². The number of aromatic nitrogens is 3. The molecule has 8 heteroatoms. The lowest BCUT2D eigenvalue weighted by Crippen LogP contribution is -2.36. The van der Waals surface area contributed by atoms with Crippen LogP contribution >= 0.6 is 0 Å². The Morgan fingerprint density at radius 3 is 2.71 bits per heavy atom. The van der Waals surface area contributed by atoms with Gasteiger partial charge in [0.05, 0.1) is 30.2 Å². The number of ether oxygens (including phenoxy) is 1. The molecule has 2 aromatic heterocycles. The van der Waals surface area contributed by atoms with Crippen molar-refractivity contribution >= 4 is 34.1 Å². The number of carbonyl (C=O) groups excluding carboxylic acids is 1. The average Bonchev–Trinajstić information content (AvgIpc) is 2.95. The molecule has 1 fully saturated rings. The molecule has 8 nitrogen and oxygen atoms in total. The number of nitriles is 1. The van der Waals surface area contributed by atoms with Gasteiger partial charge in [0.2, 0.25) is 0 Å². The zero-order valence-electron chi connectivity index (χ0n) is 21.9. The first-order valence-electron chi connectivity index (χ1n) is 12.7. The van der Waals surface area contributed by atoms with Crippen molar-refractivity contribution in [1.82, 2.24) is 15.0 Å². The van der Waals surface area contributed by atoms with Gasteiger partial charge in [0.15, 0.2) is 11.6 Å². The quantitative estimate of drug-likeness (QED) is 0.344. The Labute approximate surface area is 222 Å². The maximum atomic E-state index is 13.2. The van der Waals surface area contributed by atoms with Gasteiger partial charge in [-0.3, -0.25) is 4.79 Å². The van der Waals surface area contributed by atoms with Crippen LogP contribution < -0.4 is 10.2 Å². The maximum Gasteiger partial charge on any atom is 0.167 e. The van der Waals surface area contributed by atoms with Gasteiger partial charge in [-0.1, -0.05) is 30.3 Å². The van der Waals surface area contributed by atoms with Crippen LogP contribution in [0.4, 0.5) is 17.3 Å². The van der Waals surface area contributed by atoms with E-state index in [4.69, 9.17) is 9.72 Å². The van der Waals surface area contributed by atoms with Gasteiger partial charge >= 0.3 is 0 Å². The predicted octanol–water partition coefficient (Wildman–Crippen LogP) is 5.14. The number of pyridine rings is 1. The third kappa shape index (κ3) is 5.34. The Morgan fingerprint density at radius 1 is 1.11 bits per heavy atom. The van der Waals surface area contributed by atoms with Gasteiger partial charge in [0.25, 0.3) is 0 Å². The average molecular weight is 507 g/mol. The monoisotopic (exact) mass is 506 g/mol. The van der Waals surface area contributed by atoms with Crippen molar-refractivity contribution in [3.05, 3.63) is 83.2 Å². The second-order valence-corrected chi connectivity index (χ2v) is 10.1. The molecule has 38 heavy (non-hydrogen) atoms. The van der Waals surface area contributed by atoms with Crippen molar-refractivity contribution in [3.8, 4) is 6.07 Å². The van der Waals surface area contributed by atoms with E-state index in [-0.39, 0.29) is 12.2 Å². The van der Waals surface area contributed by atoms with Crippen LogP contribution in [0.15, 0.2) is 60.9 Å². The van der Waals surface area contributed by atoms with Crippen LogP contribution in [0, 0.1) is 18.3 Å². The molecule has 4 aromatic rings. The number of nitrogens with zero attached hydrogens (tertiary/aromatic N) is 5. The molecule has 0 amide bonds. The SMILES string of the molecule is Cc1ccc(CC(=O)c2cccc(C(C)(C)C#N)c2)cc1Nc1ncnc2ccc(N3CCOCC3)nc12. The fourth-order valence-electron chi connectivity index (χ4n) is 4.46. The second kappa shape index (κ2) is 10.6. The van der Waals surface area contributed by atoms with Crippen LogP contribution in [0.1, 0.15) is 40.9 Å². The Hall–Kier alpha value is -4.35. The minimum Gasteiger partial charge on any atom is -0.378 e. The zero-order valence-corrected chi connectivity index (χ0v) is 21.9. The molecule has 1 saturated heterocycles. The summed E-state index contributed by atoms with van der Waals surface area (Å²) in [5.74, 6) is 1.49. The van der Waals surface area contributed by atoms with Crippen LogP contribution in [0.2, 0.25) is 0 Å². The molecule has 3 heterocycles. The third-order valence-electron chi connectivity index (χ3n) is 6.91. The number of fused-ring (bicyclic) bond motifs is 1. The number of nitrogens with one attached hydrogen (secondary N) is 1. The van der Waals surface area contributed by atoms with Crippen LogP contribution in [-0.2, 0) is 16.6 Å². The van der Waals surface area contributed by atoms with Gasteiger partial charge in [-0.15, -0.1) is 0 Å². The van der Waals surface area contributed by atoms with Gasteiger partial charge in [-0.25, -0.2) is 15.0 Å². The molecule has 5 rings (SSSR count). The number of hydrogen-bond acceptors (Lipinski definition) is 8. The fraction of sp³-hybridized carbons (Fsp3) is 0.300. The zero-order chi connectivity index (χ0) is 26.7. The number of anilines is 3. The Balaban J connectivity index is 1.40. The highest BCUT2D eigenvalue weighted by atomic mass is 16.5. The standard InChI is InChI=1S/C30H30N6O2/c1-20-7-8-21(16-26(37)22-5-4-6-23(17-22)30(2,3)18-31)15-25(20)34-29-28-24(32-19-33-29)9-10-27(35-28)36-11-13-38-14-12-36/h4-10,15,17,19H,11-14,16H2,1-3H3,(H,32,33,34). The molecule has 2 aromatic carbocycles. The largest absolute Gasteiger partial charge is 0.378 e. The van der Waals surface area contributed by atoms with Crippen molar-refractivity contribution in [2.75, 3.05) is 36.5 Å². The first-order chi connectivity index (χ1) is 18.3. The number of rotatable bonds is 7. The highest BCUT2D eigenvalue weighted by Crippen LogP contribution is 2.28. The molecule has 0 bridgehead atoms. The number of hydrogen-bond donors (Lipinski definition) is 1. The predicted molar refractivity (Wildman–Crippen MR) is 148 cm³/mol. The molecule has 192 valence electrons. The minimum absolute atomic E-state index is 0.000279. The lowest BCUT2D eigenvalue weighted by atomic mass is 9.85. The molecule has 0 unspecified atom stereocenters. The lowest BCUT2D eigenvalue weighted by molar-refractivity contribution is 0.0993.